The molecule has 1 aliphatic heterocycles. The molecule has 0 radical (unpaired) electrons. The average Bonchev–Trinajstić information content (AvgIpc) is 3.38. The van der Waals surface area contributed by atoms with Crippen LogP contribution in [0.2, 0.25) is 0 Å². The Hall–Kier alpha value is -2.34. The van der Waals surface area contributed by atoms with E-state index in [-0.39, 0.29) is 11.8 Å². The Morgan fingerprint density at radius 2 is 1.74 bits per heavy atom. The summed E-state index contributed by atoms with van der Waals surface area (Å²) in [5, 5.41) is 4.07. The lowest BCUT2D eigenvalue weighted by Gasteiger charge is -2.34. The maximum atomic E-state index is 13.0. The molecular weight excluding hydrogens is 342 g/mol. The van der Waals surface area contributed by atoms with Gasteiger partial charge in [-0.15, -0.1) is 0 Å². The molecule has 1 saturated heterocycles. The van der Waals surface area contributed by atoms with Gasteiger partial charge < -0.3 is 14.6 Å². The maximum Gasteiger partial charge on any atom is 0.289 e. The Kier molecular flexibility index (Phi) is 4.68. The van der Waals surface area contributed by atoms with Crippen LogP contribution in [-0.4, -0.2) is 60.4 Å². The van der Waals surface area contributed by atoms with Crippen LogP contribution in [0.5, 0.6) is 0 Å². The number of rotatable bonds is 4. The summed E-state index contributed by atoms with van der Waals surface area (Å²) >= 11 is 0. The lowest BCUT2D eigenvalue weighted by Crippen LogP contribution is -2.51. The van der Waals surface area contributed by atoms with Crippen molar-refractivity contribution in [2.24, 2.45) is 0 Å². The van der Waals surface area contributed by atoms with E-state index in [0.717, 1.165) is 40.5 Å². The monoisotopic (exact) mass is 369 g/mol. The van der Waals surface area contributed by atoms with Crippen molar-refractivity contribution in [1.29, 1.82) is 0 Å². The lowest BCUT2D eigenvalue weighted by molar-refractivity contribution is -0.122. The van der Waals surface area contributed by atoms with Gasteiger partial charge >= 0.3 is 0 Å². The number of amides is 2. The number of benzene rings is 1. The quantitative estimate of drug-likeness (QED) is 0.899. The predicted molar refractivity (Wildman–Crippen MR) is 104 cm³/mol. The van der Waals surface area contributed by atoms with E-state index in [4.69, 9.17) is 4.42 Å². The molecule has 0 bridgehead atoms. The summed E-state index contributed by atoms with van der Waals surface area (Å²) in [6, 6.07) is 4.49. The predicted octanol–water partition coefficient (Wildman–Crippen LogP) is 2.39. The molecule has 2 aliphatic rings. The number of carbonyl (C=O) groups is 2. The number of hydrogen-bond donors (Lipinski definition) is 1. The van der Waals surface area contributed by atoms with Gasteiger partial charge in [-0.05, 0) is 44.7 Å². The topological polar surface area (TPSA) is 65.8 Å². The summed E-state index contributed by atoms with van der Waals surface area (Å²) in [4.78, 5) is 28.9. The molecule has 2 aromatic rings. The number of piperazine rings is 1. The zero-order chi connectivity index (χ0) is 19.1. The van der Waals surface area contributed by atoms with Gasteiger partial charge in [0, 0.05) is 43.2 Å². The fourth-order valence-electron chi connectivity index (χ4n) is 3.84. The third-order valence-electron chi connectivity index (χ3n) is 5.65. The normalized spacial score (nSPS) is 18.1. The molecule has 2 heterocycles. The molecule has 0 spiro atoms. The second kappa shape index (κ2) is 7.00. The largest absolute Gasteiger partial charge is 0.450 e. The second-order valence-electron chi connectivity index (χ2n) is 7.87. The van der Waals surface area contributed by atoms with Crippen LogP contribution < -0.4 is 5.32 Å². The second-order valence-corrected chi connectivity index (χ2v) is 7.87. The SMILES string of the molecule is Cc1ccc(C)c2c(C)c(C(=O)N3CCN(CC(=O)NC4CC4)CC3)oc12. The number of aryl methyl sites for hydroxylation is 3. The van der Waals surface area contributed by atoms with E-state index in [9.17, 15) is 9.59 Å². The number of carbonyl (C=O) groups excluding carboxylic acids is 2. The first-order valence-corrected chi connectivity index (χ1v) is 9.74. The van der Waals surface area contributed by atoms with E-state index in [2.05, 4.69) is 16.3 Å². The zero-order valence-corrected chi connectivity index (χ0v) is 16.3. The smallest absolute Gasteiger partial charge is 0.289 e. The number of nitrogens with one attached hydrogen (secondary N) is 1. The molecule has 144 valence electrons. The molecule has 1 N–H and O–H groups in total. The molecule has 6 nitrogen and oxygen atoms in total. The Bertz CT molecular complexity index is 890. The van der Waals surface area contributed by atoms with Gasteiger partial charge in [0.2, 0.25) is 5.91 Å². The first-order chi connectivity index (χ1) is 12.9. The highest BCUT2D eigenvalue weighted by atomic mass is 16.3. The molecule has 1 aromatic heterocycles. The van der Waals surface area contributed by atoms with Crippen molar-refractivity contribution in [3.8, 4) is 0 Å². The fraction of sp³-hybridized carbons (Fsp3) is 0.524. The summed E-state index contributed by atoms with van der Waals surface area (Å²) in [7, 11) is 0. The van der Waals surface area contributed by atoms with Crippen LogP contribution in [0.3, 0.4) is 0 Å². The minimum absolute atomic E-state index is 0.0513. The van der Waals surface area contributed by atoms with Crippen molar-refractivity contribution in [2.45, 2.75) is 39.7 Å². The molecule has 6 heteroatoms. The van der Waals surface area contributed by atoms with Crippen LogP contribution in [0, 0.1) is 20.8 Å². The Morgan fingerprint density at radius 1 is 1.07 bits per heavy atom. The van der Waals surface area contributed by atoms with Crippen molar-refractivity contribution >= 4 is 22.8 Å². The Labute approximate surface area is 159 Å². The molecule has 1 aliphatic carbocycles. The highest BCUT2D eigenvalue weighted by molar-refractivity contribution is 6.00. The van der Waals surface area contributed by atoms with E-state index in [1.807, 2.05) is 31.7 Å². The standard InChI is InChI=1S/C21H27N3O3/c1-13-4-5-14(2)19-18(13)15(3)20(27-19)21(26)24-10-8-23(9-11-24)12-17(25)22-16-6-7-16/h4-5,16H,6-12H2,1-3H3,(H,22,25). The van der Waals surface area contributed by atoms with Gasteiger partial charge in [-0.1, -0.05) is 12.1 Å². The number of nitrogens with zero attached hydrogens (tertiary/aromatic N) is 2. The molecule has 0 atom stereocenters. The molecular formula is C21H27N3O3. The van der Waals surface area contributed by atoms with Crippen LogP contribution in [0.15, 0.2) is 16.5 Å². The molecule has 1 saturated carbocycles. The van der Waals surface area contributed by atoms with Crippen molar-refractivity contribution in [3.05, 3.63) is 34.6 Å². The average molecular weight is 369 g/mol. The van der Waals surface area contributed by atoms with Crippen LogP contribution in [0.25, 0.3) is 11.0 Å². The minimum Gasteiger partial charge on any atom is -0.450 e. The van der Waals surface area contributed by atoms with Gasteiger partial charge in [0.1, 0.15) is 5.58 Å². The van der Waals surface area contributed by atoms with Crippen LogP contribution >= 0.6 is 0 Å². The zero-order valence-electron chi connectivity index (χ0n) is 16.3. The molecule has 2 amide bonds. The summed E-state index contributed by atoms with van der Waals surface area (Å²) < 4.78 is 6.00. The van der Waals surface area contributed by atoms with E-state index in [0.29, 0.717) is 44.5 Å². The summed E-state index contributed by atoms with van der Waals surface area (Å²) in [6.45, 7) is 9.08. The van der Waals surface area contributed by atoms with Crippen LogP contribution in [-0.2, 0) is 4.79 Å². The number of furan rings is 1. The first-order valence-electron chi connectivity index (χ1n) is 9.74. The third-order valence-corrected chi connectivity index (χ3v) is 5.65. The van der Waals surface area contributed by atoms with Gasteiger partial charge in [-0.3, -0.25) is 14.5 Å². The van der Waals surface area contributed by atoms with E-state index in [1.165, 1.54) is 0 Å². The third kappa shape index (κ3) is 3.58. The first kappa shape index (κ1) is 18.0. The summed E-state index contributed by atoms with van der Waals surface area (Å²) in [6.07, 6.45) is 2.20. The summed E-state index contributed by atoms with van der Waals surface area (Å²) in [5.41, 5.74) is 3.90. The minimum atomic E-state index is -0.0513. The summed E-state index contributed by atoms with van der Waals surface area (Å²) in [5.74, 6) is 0.489. The van der Waals surface area contributed by atoms with Gasteiger partial charge in [0.15, 0.2) is 5.76 Å². The van der Waals surface area contributed by atoms with Crippen molar-refractivity contribution in [1.82, 2.24) is 15.1 Å². The molecule has 1 aromatic carbocycles. The van der Waals surface area contributed by atoms with Gasteiger partial charge in [0.05, 0.1) is 6.54 Å². The van der Waals surface area contributed by atoms with Gasteiger partial charge in [-0.2, -0.15) is 0 Å². The number of fused-ring (bicyclic) bond motifs is 1. The highest BCUT2D eigenvalue weighted by Gasteiger charge is 2.29. The van der Waals surface area contributed by atoms with Crippen LogP contribution in [0.4, 0.5) is 0 Å². The molecule has 27 heavy (non-hydrogen) atoms. The molecule has 4 rings (SSSR count). The van der Waals surface area contributed by atoms with Gasteiger partial charge in [-0.25, -0.2) is 0 Å². The van der Waals surface area contributed by atoms with Crippen molar-refractivity contribution in [2.75, 3.05) is 32.7 Å². The van der Waals surface area contributed by atoms with E-state index in [1.54, 1.807) is 0 Å². The molecule has 2 fully saturated rings. The Balaban J connectivity index is 1.43. The molecule has 0 unspecified atom stereocenters. The number of hydrogen-bond acceptors (Lipinski definition) is 4. The highest BCUT2D eigenvalue weighted by Crippen LogP contribution is 2.31. The Morgan fingerprint density at radius 3 is 2.37 bits per heavy atom. The van der Waals surface area contributed by atoms with Gasteiger partial charge in [0.25, 0.3) is 5.91 Å². The lowest BCUT2D eigenvalue weighted by atomic mass is 10.0. The van der Waals surface area contributed by atoms with E-state index < -0.39 is 0 Å². The van der Waals surface area contributed by atoms with Crippen molar-refractivity contribution in [3.63, 3.8) is 0 Å². The fourth-order valence-corrected chi connectivity index (χ4v) is 3.84. The van der Waals surface area contributed by atoms with Crippen LogP contribution in [0.1, 0.15) is 40.1 Å². The van der Waals surface area contributed by atoms with Crippen molar-refractivity contribution < 1.29 is 14.0 Å². The van der Waals surface area contributed by atoms with E-state index >= 15 is 0 Å². The maximum absolute atomic E-state index is 13.0.